The molecule has 0 spiro atoms. The standard InChI is InChI=1S/C10H16N2O2/c1-3-4-8(13)7-9-11-6-5-10(12-9)14-2/h5-6,8,13H,3-4,7H2,1-2H3. The summed E-state index contributed by atoms with van der Waals surface area (Å²) in [6, 6.07) is 1.69. The van der Waals surface area contributed by atoms with Crippen molar-refractivity contribution in [2.45, 2.75) is 32.3 Å². The molecule has 1 atom stereocenters. The summed E-state index contributed by atoms with van der Waals surface area (Å²) >= 11 is 0. The quantitative estimate of drug-likeness (QED) is 0.768. The normalized spacial score (nSPS) is 12.5. The Balaban J connectivity index is 2.57. The zero-order valence-electron chi connectivity index (χ0n) is 8.60. The first-order chi connectivity index (χ1) is 6.76. The van der Waals surface area contributed by atoms with Gasteiger partial charge in [0.05, 0.1) is 13.2 Å². The number of methoxy groups -OCH3 is 1. The maximum absolute atomic E-state index is 9.55. The van der Waals surface area contributed by atoms with Gasteiger partial charge in [-0.2, -0.15) is 4.98 Å². The Bertz CT molecular complexity index is 279. The average Bonchev–Trinajstić information content (AvgIpc) is 2.18. The fourth-order valence-electron chi connectivity index (χ4n) is 1.24. The number of aliphatic hydroxyl groups excluding tert-OH is 1. The van der Waals surface area contributed by atoms with E-state index >= 15 is 0 Å². The highest BCUT2D eigenvalue weighted by Gasteiger charge is 2.07. The molecule has 4 nitrogen and oxygen atoms in total. The van der Waals surface area contributed by atoms with Gasteiger partial charge in [-0.3, -0.25) is 0 Å². The van der Waals surface area contributed by atoms with Crippen LogP contribution in [0, 0.1) is 0 Å². The van der Waals surface area contributed by atoms with Crippen LogP contribution in [-0.4, -0.2) is 28.3 Å². The molecule has 1 unspecified atom stereocenters. The summed E-state index contributed by atoms with van der Waals surface area (Å²) in [5.41, 5.74) is 0. The van der Waals surface area contributed by atoms with Crippen molar-refractivity contribution in [3.63, 3.8) is 0 Å². The van der Waals surface area contributed by atoms with E-state index in [0.29, 0.717) is 18.1 Å². The molecule has 0 aliphatic heterocycles. The van der Waals surface area contributed by atoms with Gasteiger partial charge in [0.2, 0.25) is 5.88 Å². The summed E-state index contributed by atoms with van der Waals surface area (Å²) in [5.74, 6) is 1.17. The molecule has 0 amide bonds. The molecule has 0 saturated carbocycles. The van der Waals surface area contributed by atoms with Gasteiger partial charge >= 0.3 is 0 Å². The minimum atomic E-state index is -0.355. The molecule has 0 aliphatic carbocycles. The zero-order chi connectivity index (χ0) is 10.4. The highest BCUT2D eigenvalue weighted by molar-refractivity contribution is 5.08. The molecule has 78 valence electrons. The minimum absolute atomic E-state index is 0.355. The van der Waals surface area contributed by atoms with Crippen LogP contribution < -0.4 is 4.74 Å². The lowest BCUT2D eigenvalue weighted by atomic mass is 10.1. The van der Waals surface area contributed by atoms with Gasteiger partial charge in [-0.1, -0.05) is 13.3 Å². The third-order valence-corrected chi connectivity index (χ3v) is 1.93. The average molecular weight is 196 g/mol. The number of ether oxygens (including phenoxy) is 1. The highest BCUT2D eigenvalue weighted by Crippen LogP contribution is 2.07. The topological polar surface area (TPSA) is 55.2 Å². The first-order valence-electron chi connectivity index (χ1n) is 4.80. The van der Waals surface area contributed by atoms with Crippen LogP contribution in [0.3, 0.4) is 0 Å². The van der Waals surface area contributed by atoms with Crippen molar-refractivity contribution in [1.29, 1.82) is 0 Å². The zero-order valence-corrected chi connectivity index (χ0v) is 8.60. The Hall–Kier alpha value is -1.16. The summed E-state index contributed by atoms with van der Waals surface area (Å²) in [4.78, 5) is 8.18. The first-order valence-corrected chi connectivity index (χ1v) is 4.80. The fraction of sp³-hybridized carbons (Fsp3) is 0.600. The van der Waals surface area contributed by atoms with E-state index in [1.807, 2.05) is 6.92 Å². The SMILES string of the molecule is CCCC(O)Cc1nccc(OC)n1. The van der Waals surface area contributed by atoms with Crippen LogP contribution in [-0.2, 0) is 6.42 Å². The van der Waals surface area contributed by atoms with E-state index in [4.69, 9.17) is 4.74 Å². The number of aliphatic hydroxyl groups is 1. The molecule has 1 rings (SSSR count). The van der Waals surface area contributed by atoms with Crippen LogP contribution in [0.15, 0.2) is 12.3 Å². The van der Waals surface area contributed by atoms with Crippen LogP contribution in [0.5, 0.6) is 5.88 Å². The van der Waals surface area contributed by atoms with Gasteiger partial charge in [0, 0.05) is 18.7 Å². The van der Waals surface area contributed by atoms with Crippen molar-refractivity contribution in [3.05, 3.63) is 18.1 Å². The van der Waals surface area contributed by atoms with E-state index in [1.165, 1.54) is 0 Å². The second kappa shape index (κ2) is 5.54. The third kappa shape index (κ3) is 3.30. The summed E-state index contributed by atoms with van der Waals surface area (Å²) in [7, 11) is 1.56. The molecule has 0 saturated heterocycles. The van der Waals surface area contributed by atoms with Crippen LogP contribution in [0.1, 0.15) is 25.6 Å². The van der Waals surface area contributed by atoms with Gasteiger partial charge in [0.1, 0.15) is 5.82 Å². The van der Waals surface area contributed by atoms with E-state index in [-0.39, 0.29) is 6.10 Å². The molecule has 1 aromatic rings. The van der Waals surface area contributed by atoms with Gasteiger partial charge in [0.25, 0.3) is 0 Å². The predicted octanol–water partition coefficient (Wildman–Crippen LogP) is 1.19. The molecule has 14 heavy (non-hydrogen) atoms. The summed E-state index contributed by atoms with van der Waals surface area (Å²) in [5, 5.41) is 9.55. The molecule has 4 heteroatoms. The smallest absolute Gasteiger partial charge is 0.216 e. The molecule has 1 aromatic heterocycles. The predicted molar refractivity (Wildman–Crippen MR) is 53.2 cm³/mol. The Morgan fingerprint density at radius 3 is 3.00 bits per heavy atom. The van der Waals surface area contributed by atoms with Crippen molar-refractivity contribution in [1.82, 2.24) is 9.97 Å². The van der Waals surface area contributed by atoms with Crippen molar-refractivity contribution in [2.24, 2.45) is 0 Å². The Morgan fingerprint density at radius 1 is 1.57 bits per heavy atom. The largest absolute Gasteiger partial charge is 0.481 e. The fourth-order valence-corrected chi connectivity index (χ4v) is 1.24. The summed E-state index contributed by atoms with van der Waals surface area (Å²) < 4.78 is 4.96. The van der Waals surface area contributed by atoms with Gasteiger partial charge in [-0.25, -0.2) is 4.98 Å². The van der Waals surface area contributed by atoms with Gasteiger partial charge < -0.3 is 9.84 Å². The number of nitrogens with zero attached hydrogens (tertiary/aromatic N) is 2. The number of hydrogen-bond donors (Lipinski definition) is 1. The van der Waals surface area contributed by atoms with Crippen LogP contribution in [0.25, 0.3) is 0 Å². The molecule has 1 heterocycles. The Labute approximate surface area is 84.0 Å². The second-order valence-electron chi connectivity index (χ2n) is 3.16. The molecular formula is C10H16N2O2. The van der Waals surface area contributed by atoms with Crippen molar-refractivity contribution >= 4 is 0 Å². The summed E-state index contributed by atoms with van der Waals surface area (Å²) in [6.45, 7) is 2.04. The molecule has 0 radical (unpaired) electrons. The van der Waals surface area contributed by atoms with E-state index in [9.17, 15) is 5.11 Å². The lowest BCUT2D eigenvalue weighted by molar-refractivity contribution is 0.161. The minimum Gasteiger partial charge on any atom is -0.481 e. The lowest BCUT2D eigenvalue weighted by Gasteiger charge is -2.07. The highest BCUT2D eigenvalue weighted by atomic mass is 16.5. The Kier molecular flexibility index (Phi) is 4.32. The Morgan fingerprint density at radius 2 is 2.36 bits per heavy atom. The third-order valence-electron chi connectivity index (χ3n) is 1.93. The lowest BCUT2D eigenvalue weighted by Crippen LogP contribution is -2.12. The molecule has 0 aromatic carbocycles. The van der Waals surface area contributed by atoms with E-state index < -0.39 is 0 Å². The van der Waals surface area contributed by atoms with Gasteiger partial charge in [-0.15, -0.1) is 0 Å². The summed E-state index contributed by atoms with van der Waals surface area (Å²) in [6.07, 6.45) is 3.52. The van der Waals surface area contributed by atoms with Crippen LogP contribution in [0.4, 0.5) is 0 Å². The molecule has 1 N–H and O–H groups in total. The molecule has 0 bridgehead atoms. The second-order valence-corrected chi connectivity index (χ2v) is 3.16. The van der Waals surface area contributed by atoms with Gasteiger partial charge in [0.15, 0.2) is 0 Å². The number of rotatable bonds is 5. The van der Waals surface area contributed by atoms with Crippen molar-refractivity contribution in [2.75, 3.05) is 7.11 Å². The van der Waals surface area contributed by atoms with Crippen molar-refractivity contribution < 1.29 is 9.84 Å². The maximum Gasteiger partial charge on any atom is 0.216 e. The maximum atomic E-state index is 9.55. The van der Waals surface area contributed by atoms with E-state index in [0.717, 1.165) is 12.8 Å². The van der Waals surface area contributed by atoms with Gasteiger partial charge in [-0.05, 0) is 6.42 Å². The number of hydrogen-bond acceptors (Lipinski definition) is 4. The first kappa shape index (κ1) is 10.9. The monoisotopic (exact) mass is 196 g/mol. The molecule has 0 aliphatic rings. The van der Waals surface area contributed by atoms with Crippen molar-refractivity contribution in [3.8, 4) is 5.88 Å². The van der Waals surface area contributed by atoms with E-state index in [1.54, 1.807) is 19.4 Å². The number of aromatic nitrogens is 2. The molecular weight excluding hydrogens is 180 g/mol. The van der Waals surface area contributed by atoms with Crippen LogP contribution >= 0.6 is 0 Å². The van der Waals surface area contributed by atoms with E-state index in [2.05, 4.69) is 9.97 Å². The van der Waals surface area contributed by atoms with Crippen LogP contribution in [0.2, 0.25) is 0 Å². The molecule has 0 fully saturated rings.